The van der Waals surface area contributed by atoms with E-state index in [1.54, 1.807) is 12.1 Å². The quantitative estimate of drug-likeness (QED) is 0.452. The number of anilines is 2. The minimum absolute atomic E-state index is 0.0434. The van der Waals surface area contributed by atoms with Crippen molar-refractivity contribution in [1.29, 1.82) is 0 Å². The Hall–Kier alpha value is -1.78. The molecule has 1 aromatic rings. The highest BCUT2D eigenvalue weighted by atomic mass is 16.6. The lowest BCUT2D eigenvalue weighted by Crippen LogP contribution is -2.10. The Morgan fingerprint density at radius 1 is 1.53 bits per heavy atom. The number of nitro groups is 1. The molecule has 82 valence electrons. The number of rotatable bonds is 4. The average Bonchev–Trinajstić information content (AvgIpc) is 2.13. The van der Waals surface area contributed by atoms with E-state index in [-0.39, 0.29) is 11.4 Å². The number of hydrogen-bond acceptors (Lipinski definition) is 4. The van der Waals surface area contributed by atoms with Crippen LogP contribution in [0.2, 0.25) is 0 Å². The van der Waals surface area contributed by atoms with Gasteiger partial charge in [-0.2, -0.15) is 0 Å². The molecular formula is C10H15N3O2. The van der Waals surface area contributed by atoms with Crippen LogP contribution in [0.15, 0.2) is 18.2 Å². The van der Waals surface area contributed by atoms with Crippen LogP contribution in [0.25, 0.3) is 0 Å². The van der Waals surface area contributed by atoms with E-state index in [2.05, 4.69) is 5.32 Å². The van der Waals surface area contributed by atoms with Gasteiger partial charge in [0.25, 0.3) is 0 Å². The molecule has 1 rings (SSSR count). The minimum atomic E-state index is -0.460. The second-order valence-electron chi connectivity index (χ2n) is 3.78. The zero-order chi connectivity index (χ0) is 11.4. The largest absolute Gasteiger partial charge is 0.393 e. The molecule has 0 aromatic heterocycles. The third-order valence-corrected chi connectivity index (χ3v) is 1.95. The highest BCUT2D eigenvalue weighted by Gasteiger charge is 2.17. The van der Waals surface area contributed by atoms with Crippen LogP contribution in [0.3, 0.4) is 0 Å². The Kier molecular flexibility index (Phi) is 3.49. The number of nitro benzene ring substituents is 1. The Labute approximate surface area is 88.4 Å². The summed E-state index contributed by atoms with van der Waals surface area (Å²) in [5, 5.41) is 13.8. The van der Waals surface area contributed by atoms with Crippen LogP contribution in [-0.4, -0.2) is 11.5 Å². The fourth-order valence-corrected chi connectivity index (χ4v) is 1.22. The van der Waals surface area contributed by atoms with Crippen molar-refractivity contribution in [1.82, 2.24) is 0 Å². The van der Waals surface area contributed by atoms with Crippen LogP contribution >= 0.6 is 0 Å². The van der Waals surface area contributed by atoms with Crippen LogP contribution in [-0.2, 0) is 0 Å². The summed E-state index contributed by atoms with van der Waals surface area (Å²) in [5.74, 6) is 0.422. The first-order valence-corrected chi connectivity index (χ1v) is 4.79. The van der Waals surface area contributed by atoms with Crippen molar-refractivity contribution < 1.29 is 4.92 Å². The van der Waals surface area contributed by atoms with Gasteiger partial charge in [-0.15, -0.1) is 0 Å². The first-order chi connectivity index (χ1) is 7.02. The van der Waals surface area contributed by atoms with Gasteiger partial charge in [0.15, 0.2) is 0 Å². The highest BCUT2D eigenvalue weighted by molar-refractivity contribution is 5.74. The lowest BCUT2D eigenvalue weighted by atomic mass is 10.2. The predicted octanol–water partition coefficient (Wildman–Crippen LogP) is 2.24. The van der Waals surface area contributed by atoms with Gasteiger partial charge in [-0.3, -0.25) is 10.1 Å². The number of hydrogen-bond donors (Lipinski definition) is 2. The monoisotopic (exact) mass is 209 g/mol. The van der Waals surface area contributed by atoms with Gasteiger partial charge in [0, 0.05) is 6.54 Å². The minimum Gasteiger partial charge on any atom is -0.393 e. The van der Waals surface area contributed by atoms with Crippen molar-refractivity contribution in [3.63, 3.8) is 0 Å². The summed E-state index contributed by atoms with van der Waals surface area (Å²) in [5.41, 5.74) is 6.17. The van der Waals surface area contributed by atoms with Gasteiger partial charge in [-0.1, -0.05) is 19.9 Å². The molecule has 0 bridgehead atoms. The number of nitrogens with two attached hydrogens (primary N) is 1. The van der Waals surface area contributed by atoms with Gasteiger partial charge >= 0.3 is 5.69 Å². The molecule has 0 saturated heterocycles. The highest BCUT2D eigenvalue weighted by Crippen LogP contribution is 2.30. The molecule has 5 nitrogen and oxygen atoms in total. The molecule has 0 unspecified atom stereocenters. The molecule has 15 heavy (non-hydrogen) atoms. The molecular weight excluding hydrogens is 194 g/mol. The lowest BCUT2D eigenvalue weighted by molar-refractivity contribution is -0.383. The fraction of sp³-hybridized carbons (Fsp3) is 0.400. The van der Waals surface area contributed by atoms with Gasteiger partial charge in [0.05, 0.1) is 4.92 Å². The second kappa shape index (κ2) is 4.63. The maximum absolute atomic E-state index is 10.8. The summed E-state index contributed by atoms with van der Waals surface area (Å²) in [6.45, 7) is 4.75. The van der Waals surface area contributed by atoms with Crippen molar-refractivity contribution in [3.05, 3.63) is 28.3 Å². The molecule has 0 aliphatic carbocycles. The molecule has 1 aromatic carbocycles. The lowest BCUT2D eigenvalue weighted by Gasteiger charge is -2.09. The molecule has 0 fully saturated rings. The van der Waals surface area contributed by atoms with E-state index in [1.807, 2.05) is 13.8 Å². The number of nitrogens with one attached hydrogen (secondary N) is 1. The van der Waals surface area contributed by atoms with E-state index >= 15 is 0 Å². The van der Waals surface area contributed by atoms with Crippen molar-refractivity contribution in [2.45, 2.75) is 13.8 Å². The SMILES string of the molecule is CC(C)CNc1cccc(N)c1[N+](=O)[O-]. The maximum atomic E-state index is 10.8. The smallest absolute Gasteiger partial charge is 0.314 e. The second-order valence-corrected chi connectivity index (χ2v) is 3.78. The molecule has 0 heterocycles. The van der Waals surface area contributed by atoms with Gasteiger partial charge in [-0.25, -0.2) is 0 Å². The van der Waals surface area contributed by atoms with Gasteiger partial charge in [0.1, 0.15) is 11.4 Å². The summed E-state index contributed by atoms with van der Waals surface area (Å²) in [6, 6.07) is 4.89. The molecule has 0 saturated carbocycles. The number of para-hydroxylation sites is 1. The van der Waals surface area contributed by atoms with Crippen molar-refractivity contribution in [2.75, 3.05) is 17.6 Å². The van der Waals surface area contributed by atoms with Gasteiger partial charge in [-0.05, 0) is 18.1 Å². The molecule has 0 aliphatic rings. The van der Waals surface area contributed by atoms with Crippen molar-refractivity contribution in [3.8, 4) is 0 Å². The van der Waals surface area contributed by atoms with Gasteiger partial charge in [0.2, 0.25) is 0 Å². The molecule has 0 aliphatic heterocycles. The van der Waals surface area contributed by atoms with Crippen LogP contribution < -0.4 is 11.1 Å². The van der Waals surface area contributed by atoms with Crippen LogP contribution in [0.4, 0.5) is 17.1 Å². The Morgan fingerprint density at radius 3 is 2.73 bits per heavy atom. The summed E-state index contributed by atoms with van der Waals surface area (Å²) in [6.07, 6.45) is 0. The predicted molar refractivity (Wildman–Crippen MR) is 60.8 cm³/mol. The zero-order valence-electron chi connectivity index (χ0n) is 8.86. The first kappa shape index (κ1) is 11.3. The molecule has 0 amide bonds. The Bertz CT molecular complexity index is 364. The van der Waals surface area contributed by atoms with Crippen LogP contribution in [0.5, 0.6) is 0 Å². The van der Waals surface area contributed by atoms with E-state index < -0.39 is 4.92 Å². The number of nitrogen functional groups attached to an aromatic ring is 1. The molecule has 3 N–H and O–H groups in total. The summed E-state index contributed by atoms with van der Waals surface area (Å²) in [7, 11) is 0. The molecule has 0 radical (unpaired) electrons. The van der Waals surface area contributed by atoms with Crippen LogP contribution in [0.1, 0.15) is 13.8 Å². The van der Waals surface area contributed by atoms with Gasteiger partial charge < -0.3 is 11.1 Å². The topological polar surface area (TPSA) is 81.2 Å². The summed E-state index contributed by atoms with van der Waals surface area (Å²) in [4.78, 5) is 10.3. The van der Waals surface area contributed by atoms with E-state index in [1.165, 1.54) is 6.07 Å². The maximum Gasteiger partial charge on any atom is 0.314 e. The van der Waals surface area contributed by atoms with Crippen molar-refractivity contribution >= 4 is 17.1 Å². The number of benzene rings is 1. The summed E-state index contributed by atoms with van der Waals surface area (Å²) < 4.78 is 0. The van der Waals surface area contributed by atoms with E-state index in [9.17, 15) is 10.1 Å². The normalized spacial score (nSPS) is 10.3. The molecule has 0 atom stereocenters. The number of nitrogens with zero attached hydrogens (tertiary/aromatic N) is 1. The van der Waals surface area contributed by atoms with Crippen molar-refractivity contribution in [2.24, 2.45) is 5.92 Å². The van der Waals surface area contributed by atoms with E-state index in [4.69, 9.17) is 5.73 Å². The zero-order valence-corrected chi connectivity index (χ0v) is 8.86. The standard InChI is InChI=1S/C10H15N3O2/c1-7(2)6-12-9-5-3-4-8(11)10(9)13(14)15/h3-5,7,12H,6,11H2,1-2H3. The Morgan fingerprint density at radius 2 is 2.20 bits per heavy atom. The Balaban J connectivity index is 2.96. The summed E-state index contributed by atoms with van der Waals surface area (Å²) >= 11 is 0. The van der Waals surface area contributed by atoms with E-state index in [0.717, 1.165) is 0 Å². The third-order valence-electron chi connectivity index (χ3n) is 1.95. The fourth-order valence-electron chi connectivity index (χ4n) is 1.22. The molecule has 0 spiro atoms. The van der Waals surface area contributed by atoms with Crippen LogP contribution in [0, 0.1) is 16.0 Å². The molecule has 5 heteroatoms. The third kappa shape index (κ3) is 2.83. The van der Waals surface area contributed by atoms with E-state index in [0.29, 0.717) is 18.2 Å². The first-order valence-electron chi connectivity index (χ1n) is 4.79. The average molecular weight is 209 g/mol.